The summed E-state index contributed by atoms with van der Waals surface area (Å²) in [6.07, 6.45) is 0.616. The smallest absolute Gasteiger partial charge is 0.323 e. The molecule has 0 spiro atoms. The molecule has 0 aliphatic heterocycles. The van der Waals surface area contributed by atoms with Crippen LogP contribution in [0, 0.1) is 0 Å². The van der Waals surface area contributed by atoms with Gasteiger partial charge in [0.2, 0.25) is 10.0 Å². The van der Waals surface area contributed by atoms with Gasteiger partial charge in [0.15, 0.2) is 0 Å². The number of carboxylic acid groups (broad SMARTS) is 1. The molecular weight excluding hydrogens is 298 g/mol. The summed E-state index contributed by atoms with van der Waals surface area (Å²) in [6.45, 7) is 1.71. The van der Waals surface area contributed by atoms with Crippen LogP contribution in [-0.2, 0) is 14.8 Å². The van der Waals surface area contributed by atoms with E-state index in [9.17, 15) is 18.0 Å². The van der Waals surface area contributed by atoms with E-state index in [1.807, 2.05) is 6.92 Å². The minimum atomic E-state index is -3.79. The summed E-state index contributed by atoms with van der Waals surface area (Å²) in [7, 11) is -3.79. The Morgan fingerprint density at radius 3 is 2.29 bits per heavy atom. The van der Waals surface area contributed by atoms with E-state index in [1.165, 1.54) is 24.3 Å². The van der Waals surface area contributed by atoms with E-state index in [-0.39, 0.29) is 4.90 Å². The number of urea groups is 1. The van der Waals surface area contributed by atoms with Crippen molar-refractivity contribution in [1.29, 1.82) is 0 Å². The summed E-state index contributed by atoms with van der Waals surface area (Å²) in [5.41, 5.74) is 0.346. The lowest BCUT2D eigenvalue weighted by Gasteiger charge is -2.20. The number of carbonyl (C=O) groups excluding carboxylic acids is 1. The third kappa shape index (κ3) is 5.40. The first-order chi connectivity index (χ1) is 9.74. The molecule has 8 nitrogen and oxygen atoms in total. The summed E-state index contributed by atoms with van der Waals surface area (Å²) in [4.78, 5) is 23.7. The van der Waals surface area contributed by atoms with Crippen LogP contribution in [0.25, 0.3) is 0 Å². The van der Waals surface area contributed by atoms with Crippen molar-refractivity contribution in [2.45, 2.75) is 18.2 Å². The fraction of sp³-hybridized carbons (Fsp3) is 0.333. The molecule has 116 valence electrons. The number of primary sulfonamides is 1. The Kier molecular flexibility index (Phi) is 5.68. The van der Waals surface area contributed by atoms with E-state index in [1.54, 1.807) is 0 Å². The van der Waals surface area contributed by atoms with Crippen molar-refractivity contribution in [2.75, 3.05) is 18.4 Å². The van der Waals surface area contributed by atoms with Crippen molar-refractivity contribution in [3.8, 4) is 0 Å². The topological polar surface area (TPSA) is 130 Å². The van der Waals surface area contributed by atoms with Gasteiger partial charge in [-0.05, 0) is 30.7 Å². The van der Waals surface area contributed by atoms with Gasteiger partial charge in [0.05, 0.1) is 4.90 Å². The number of hydrogen-bond acceptors (Lipinski definition) is 4. The summed E-state index contributed by atoms with van der Waals surface area (Å²) < 4.78 is 22.2. The average Bonchev–Trinajstić information content (AvgIpc) is 2.37. The molecule has 0 unspecified atom stereocenters. The van der Waals surface area contributed by atoms with E-state index in [2.05, 4.69) is 5.32 Å². The Hall–Kier alpha value is -2.13. The van der Waals surface area contributed by atoms with Gasteiger partial charge in [-0.2, -0.15) is 0 Å². The highest BCUT2D eigenvalue weighted by Crippen LogP contribution is 2.13. The molecule has 0 aromatic heterocycles. The normalized spacial score (nSPS) is 11.0. The van der Waals surface area contributed by atoms with Crippen LogP contribution in [-0.4, -0.2) is 43.5 Å². The third-order valence-corrected chi connectivity index (χ3v) is 3.47. The van der Waals surface area contributed by atoms with Crippen LogP contribution in [0.2, 0.25) is 0 Å². The largest absolute Gasteiger partial charge is 0.480 e. The highest BCUT2D eigenvalue weighted by molar-refractivity contribution is 7.89. The molecule has 21 heavy (non-hydrogen) atoms. The molecule has 0 saturated carbocycles. The maximum atomic E-state index is 11.9. The monoisotopic (exact) mass is 315 g/mol. The minimum Gasteiger partial charge on any atom is -0.480 e. The second-order valence-electron chi connectivity index (χ2n) is 4.31. The molecule has 0 heterocycles. The van der Waals surface area contributed by atoms with E-state index in [4.69, 9.17) is 10.2 Å². The van der Waals surface area contributed by atoms with Gasteiger partial charge in [-0.15, -0.1) is 0 Å². The molecule has 0 aliphatic carbocycles. The predicted molar refractivity (Wildman–Crippen MR) is 76.3 cm³/mol. The number of benzene rings is 1. The summed E-state index contributed by atoms with van der Waals surface area (Å²) in [5.74, 6) is -1.11. The third-order valence-electron chi connectivity index (χ3n) is 2.54. The standard InChI is InChI=1S/C12H17N3O5S/c1-2-7-15(8-11(16)17)12(18)14-9-3-5-10(6-4-9)21(13,19)20/h3-6H,2,7-8H2,1H3,(H,14,18)(H,16,17)(H2,13,19,20). The number of hydrogen-bond donors (Lipinski definition) is 3. The summed E-state index contributed by atoms with van der Waals surface area (Å²) >= 11 is 0. The maximum Gasteiger partial charge on any atom is 0.323 e. The van der Waals surface area contributed by atoms with Crippen molar-refractivity contribution >= 4 is 27.7 Å². The fourth-order valence-electron chi connectivity index (χ4n) is 1.62. The first-order valence-corrected chi connectivity index (χ1v) is 7.69. The lowest BCUT2D eigenvalue weighted by atomic mass is 10.3. The van der Waals surface area contributed by atoms with Gasteiger partial charge in [-0.25, -0.2) is 18.4 Å². The van der Waals surface area contributed by atoms with Crippen molar-refractivity contribution in [1.82, 2.24) is 4.90 Å². The van der Waals surface area contributed by atoms with E-state index in [0.29, 0.717) is 18.7 Å². The molecule has 9 heteroatoms. The van der Waals surface area contributed by atoms with Crippen LogP contribution < -0.4 is 10.5 Å². The number of carboxylic acids is 1. The maximum absolute atomic E-state index is 11.9. The highest BCUT2D eigenvalue weighted by atomic mass is 32.2. The second-order valence-corrected chi connectivity index (χ2v) is 5.88. The Labute approximate surface area is 122 Å². The molecule has 1 aromatic carbocycles. The van der Waals surface area contributed by atoms with Crippen LogP contribution in [0.4, 0.5) is 10.5 Å². The lowest BCUT2D eigenvalue weighted by molar-refractivity contribution is -0.137. The van der Waals surface area contributed by atoms with E-state index in [0.717, 1.165) is 4.90 Å². The molecule has 0 radical (unpaired) electrons. The van der Waals surface area contributed by atoms with Crippen LogP contribution in [0.15, 0.2) is 29.2 Å². The zero-order valence-electron chi connectivity index (χ0n) is 11.4. The molecule has 0 atom stereocenters. The molecule has 0 aliphatic rings. The van der Waals surface area contributed by atoms with Crippen molar-refractivity contribution in [3.05, 3.63) is 24.3 Å². The van der Waals surface area contributed by atoms with Crippen LogP contribution in [0.1, 0.15) is 13.3 Å². The molecule has 2 amide bonds. The molecule has 0 bridgehead atoms. The van der Waals surface area contributed by atoms with Gasteiger partial charge in [0.25, 0.3) is 0 Å². The molecule has 1 rings (SSSR count). The number of nitrogens with two attached hydrogens (primary N) is 1. The Morgan fingerprint density at radius 2 is 1.86 bits per heavy atom. The van der Waals surface area contributed by atoms with Crippen molar-refractivity contribution in [2.24, 2.45) is 5.14 Å². The highest BCUT2D eigenvalue weighted by Gasteiger charge is 2.16. The number of carbonyl (C=O) groups is 2. The Bertz CT molecular complexity index is 612. The number of amides is 2. The van der Waals surface area contributed by atoms with E-state index >= 15 is 0 Å². The van der Waals surface area contributed by atoms with Crippen LogP contribution in [0.3, 0.4) is 0 Å². The van der Waals surface area contributed by atoms with Crippen LogP contribution >= 0.6 is 0 Å². The summed E-state index contributed by atoms with van der Waals surface area (Å²) in [6, 6.07) is 4.70. The number of nitrogens with one attached hydrogen (secondary N) is 1. The van der Waals surface area contributed by atoms with Gasteiger partial charge in [0, 0.05) is 12.2 Å². The first-order valence-electron chi connectivity index (χ1n) is 6.14. The van der Waals surface area contributed by atoms with Gasteiger partial charge in [0.1, 0.15) is 6.54 Å². The van der Waals surface area contributed by atoms with Crippen molar-refractivity contribution in [3.63, 3.8) is 0 Å². The quantitative estimate of drug-likeness (QED) is 0.710. The van der Waals surface area contributed by atoms with Gasteiger partial charge >= 0.3 is 12.0 Å². The van der Waals surface area contributed by atoms with E-state index < -0.39 is 28.6 Å². The Balaban J connectivity index is 2.79. The second kappa shape index (κ2) is 7.04. The van der Waals surface area contributed by atoms with Crippen LogP contribution in [0.5, 0.6) is 0 Å². The molecule has 0 fully saturated rings. The number of rotatable bonds is 6. The minimum absolute atomic E-state index is 0.0727. The average molecular weight is 315 g/mol. The SMILES string of the molecule is CCCN(CC(=O)O)C(=O)Nc1ccc(S(N)(=O)=O)cc1. The van der Waals surface area contributed by atoms with Gasteiger partial charge < -0.3 is 15.3 Å². The lowest BCUT2D eigenvalue weighted by Crippen LogP contribution is -2.39. The number of aliphatic carboxylic acids is 1. The van der Waals surface area contributed by atoms with Gasteiger partial charge in [-0.3, -0.25) is 4.79 Å². The predicted octanol–water partition coefficient (Wildman–Crippen LogP) is 0.663. The number of sulfonamides is 1. The molecule has 0 saturated heterocycles. The van der Waals surface area contributed by atoms with Crippen molar-refractivity contribution < 1.29 is 23.1 Å². The zero-order valence-corrected chi connectivity index (χ0v) is 12.3. The zero-order chi connectivity index (χ0) is 16.0. The number of anilines is 1. The molecular formula is C12H17N3O5S. The summed E-state index contributed by atoms with van der Waals surface area (Å²) in [5, 5.41) is 16.2. The number of nitrogens with zero attached hydrogens (tertiary/aromatic N) is 1. The van der Waals surface area contributed by atoms with Gasteiger partial charge in [-0.1, -0.05) is 6.92 Å². The molecule has 4 N–H and O–H groups in total. The first kappa shape index (κ1) is 16.9. The molecule has 1 aromatic rings. The Morgan fingerprint density at radius 1 is 1.29 bits per heavy atom. The fourth-order valence-corrected chi connectivity index (χ4v) is 2.13.